The number of ketones is 1. The van der Waals surface area contributed by atoms with Gasteiger partial charge >= 0.3 is 0 Å². The molecular weight excluding hydrogens is 536 g/mol. The molecule has 0 bridgehead atoms. The van der Waals surface area contributed by atoms with Crippen molar-refractivity contribution < 1.29 is 4.79 Å². The third-order valence-corrected chi connectivity index (χ3v) is 9.14. The number of pyridine rings is 1. The number of nitriles is 1. The van der Waals surface area contributed by atoms with E-state index >= 15 is 0 Å². The Hall–Kier alpha value is -3.53. The van der Waals surface area contributed by atoms with Crippen molar-refractivity contribution in [2.75, 3.05) is 4.90 Å². The van der Waals surface area contributed by atoms with Gasteiger partial charge in [-0.2, -0.15) is 5.26 Å². The summed E-state index contributed by atoms with van der Waals surface area (Å²) < 4.78 is 0. The van der Waals surface area contributed by atoms with Gasteiger partial charge in [0.1, 0.15) is 5.82 Å². The lowest BCUT2D eigenvalue weighted by Gasteiger charge is -2.44. The Morgan fingerprint density at radius 1 is 1.12 bits per heavy atom. The summed E-state index contributed by atoms with van der Waals surface area (Å²) in [6.45, 7) is 10.4. The third-order valence-electron chi connectivity index (χ3n) is 7.79. The number of Topliss-reactive ketones (excluding diaryl/α,β-unsaturated/α-hetero) is 1. The van der Waals surface area contributed by atoms with Crippen LogP contribution >= 0.6 is 23.4 Å². The molecule has 2 aliphatic rings. The van der Waals surface area contributed by atoms with Gasteiger partial charge in [0.25, 0.3) is 0 Å². The van der Waals surface area contributed by atoms with Crippen molar-refractivity contribution in [1.82, 2.24) is 4.98 Å². The van der Waals surface area contributed by atoms with Gasteiger partial charge in [0.05, 0.1) is 23.2 Å². The van der Waals surface area contributed by atoms with Crippen LogP contribution in [-0.4, -0.2) is 10.8 Å². The van der Waals surface area contributed by atoms with Gasteiger partial charge in [-0.1, -0.05) is 60.8 Å². The van der Waals surface area contributed by atoms with Crippen LogP contribution in [0.2, 0.25) is 5.15 Å². The molecular formula is C33H33ClN4OS. The lowest BCUT2D eigenvalue weighted by atomic mass is 9.68. The van der Waals surface area contributed by atoms with Gasteiger partial charge in [-0.3, -0.25) is 9.69 Å². The molecule has 2 N–H and O–H groups in total. The molecule has 0 radical (unpaired) electrons. The third kappa shape index (κ3) is 5.16. The summed E-state index contributed by atoms with van der Waals surface area (Å²) in [5, 5.41) is 10.8. The highest BCUT2D eigenvalue weighted by Crippen LogP contribution is 2.51. The van der Waals surface area contributed by atoms with Gasteiger partial charge in [-0.25, -0.2) is 4.98 Å². The van der Waals surface area contributed by atoms with Crippen LogP contribution in [0.3, 0.4) is 0 Å². The molecule has 1 aliphatic carbocycles. The summed E-state index contributed by atoms with van der Waals surface area (Å²) in [5.41, 5.74) is 14.4. The second-order valence-corrected chi connectivity index (χ2v) is 12.9. The Morgan fingerprint density at radius 2 is 1.85 bits per heavy atom. The van der Waals surface area contributed by atoms with E-state index in [1.165, 1.54) is 16.0 Å². The molecule has 2 aromatic carbocycles. The maximum atomic E-state index is 14.0. The zero-order chi connectivity index (χ0) is 28.8. The normalized spacial score (nSPS) is 18.6. The molecule has 1 aromatic heterocycles. The van der Waals surface area contributed by atoms with Crippen LogP contribution in [0.1, 0.15) is 60.4 Å². The van der Waals surface area contributed by atoms with Gasteiger partial charge < -0.3 is 5.73 Å². The van der Waals surface area contributed by atoms with E-state index in [0.717, 1.165) is 28.1 Å². The van der Waals surface area contributed by atoms with Crippen LogP contribution in [0.4, 0.5) is 5.69 Å². The molecule has 3 aromatic rings. The number of thioether (sulfide) groups is 1. The molecule has 1 aliphatic heterocycles. The number of nitrogens with two attached hydrogens (primary N) is 1. The van der Waals surface area contributed by atoms with Gasteiger partial charge in [-0.15, -0.1) is 11.8 Å². The molecule has 1 atom stereocenters. The molecule has 2 heterocycles. The predicted molar refractivity (Wildman–Crippen MR) is 163 cm³/mol. The number of allylic oxidation sites excluding steroid dienone is 3. The van der Waals surface area contributed by atoms with E-state index in [9.17, 15) is 10.1 Å². The smallest absolute Gasteiger partial charge is 0.162 e. The van der Waals surface area contributed by atoms with Crippen LogP contribution in [-0.2, 0) is 10.5 Å². The monoisotopic (exact) mass is 568 g/mol. The van der Waals surface area contributed by atoms with Crippen molar-refractivity contribution in [2.45, 2.75) is 64.0 Å². The first-order valence-corrected chi connectivity index (χ1v) is 14.7. The van der Waals surface area contributed by atoms with E-state index in [2.05, 4.69) is 82.1 Å². The molecule has 0 fully saturated rings. The maximum Gasteiger partial charge on any atom is 0.162 e. The molecule has 204 valence electrons. The maximum absolute atomic E-state index is 14.0. The SMILES string of the molecule is Cc1ccc(SCc2cc(C)cc(C3C(C#N)=C(N)N(c4cccnc4Cl)C4=C3C(=O)CC(C)(C)C4)c2C)cc1. The van der Waals surface area contributed by atoms with E-state index in [1.807, 2.05) is 6.07 Å². The Bertz CT molecular complexity index is 1610. The number of halogens is 1. The van der Waals surface area contributed by atoms with Crippen LogP contribution in [0, 0.1) is 37.5 Å². The first-order chi connectivity index (χ1) is 19.0. The van der Waals surface area contributed by atoms with Crippen LogP contribution < -0.4 is 10.6 Å². The topological polar surface area (TPSA) is 83.0 Å². The summed E-state index contributed by atoms with van der Waals surface area (Å²) in [5.74, 6) is 0.571. The molecule has 0 spiro atoms. The van der Waals surface area contributed by atoms with E-state index in [4.69, 9.17) is 17.3 Å². The zero-order valence-corrected chi connectivity index (χ0v) is 25.1. The largest absolute Gasteiger partial charge is 0.384 e. The molecule has 7 heteroatoms. The Labute approximate surface area is 245 Å². The van der Waals surface area contributed by atoms with Crippen LogP contribution in [0.5, 0.6) is 0 Å². The highest BCUT2D eigenvalue weighted by atomic mass is 35.5. The number of aryl methyl sites for hydroxylation is 2. The molecule has 0 amide bonds. The van der Waals surface area contributed by atoms with Crippen LogP contribution in [0.15, 0.2) is 82.3 Å². The number of rotatable bonds is 5. The van der Waals surface area contributed by atoms with E-state index in [1.54, 1.807) is 28.9 Å². The minimum Gasteiger partial charge on any atom is -0.384 e. The summed E-state index contributed by atoms with van der Waals surface area (Å²) >= 11 is 8.32. The van der Waals surface area contributed by atoms with Crippen molar-refractivity contribution in [3.8, 4) is 6.07 Å². The quantitative estimate of drug-likeness (QED) is 0.249. The summed E-state index contributed by atoms with van der Waals surface area (Å²) in [6, 6.07) is 18.8. The van der Waals surface area contributed by atoms with Gasteiger partial charge in [0.15, 0.2) is 10.9 Å². The first-order valence-electron chi connectivity index (χ1n) is 13.4. The van der Waals surface area contributed by atoms with E-state index in [0.29, 0.717) is 35.5 Å². The second kappa shape index (κ2) is 10.8. The highest BCUT2D eigenvalue weighted by Gasteiger charge is 2.45. The predicted octanol–water partition coefficient (Wildman–Crippen LogP) is 7.89. The van der Waals surface area contributed by atoms with Crippen molar-refractivity contribution in [2.24, 2.45) is 11.1 Å². The fraction of sp³-hybridized carbons (Fsp3) is 0.303. The Morgan fingerprint density at radius 3 is 2.52 bits per heavy atom. The Kier molecular flexibility index (Phi) is 7.56. The molecule has 0 saturated carbocycles. The molecule has 40 heavy (non-hydrogen) atoms. The number of hydrogen-bond donors (Lipinski definition) is 1. The molecule has 5 nitrogen and oxygen atoms in total. The first kappa shape index (κ1) is 28.0. The number of carbonyl (C=O) groups excluding carboxylic acids is 1. The molecule has 0 saturated heterocycles. The van der Waals surface area contributed by atoms with Gasteiger partial charge in [-0.05, 0) is 73.6 Å². The fourth-order valence-electron chi connectivity index (χ4n) is 5.85. The lowest BCUT2D eigenvalue weighted by Crippen LogP contribution is -2.42. The van der Waals surface area contributed by atoms with Gasteiger partial charge in [0.2, 0.25) is 0 Å². The van der Waals surface area contributed by atoms with Gasteiger partial charge in [0, 0.05) is 34.5 Å². The average Bonchev–Trinajstić information content (AvgIpc) is 2.89. The van der Waals surface area contributed by atoms with Crippen molar-refractivity contribution in [1.29, 1.82) is 5.26 Å². The number of anilines is 1. The highest BCUT2D eigenvalue weighted by molar-refractivity contribution is 7.98. The number of benzene rings is 2. The van der Waals surface area contributed by atoms with E-state index < -0.39 is 5.92 Å². The minimum atomic E-state index is -0.543. The van der Waals surface area contributed by atoms with Crippen LogP contribution in [0.25, 0.3) is 0 Å². The molecule has 1 unspecified atom stereocenters. The average molecular weight is 569 g/mol. The standard InChI is InChI=1S/C33H33ClN4OS/c1-19-8-10-23(11-9-19)40-18-22-13-20(2)14-24(21(22)3)29-25(17-35)32(36)38(26-7-6-12-37-31(26)34)27-15-33(4,5)16-28(39)30(27)29/h6-14,29H,15-16,18,36H2,1-5H3. The fourth-order valence-corrected chi connectivity index (χ4v) is 7.00. The molecule has 5 rings (SSSR count). The number of carbonyl (C=O) groups is 1. The lowest BCUT2D eigenvalue weighted by molar-refractivity contribution is -0.118. The Balaban J connectivity index is 1.67. The van der Waals surface area contributed by atoms with Crippen molar-refractivity contribution in [3.63, 3.8) is 0 Å². The summed E-state index contributed by atoms with van der Waals surface area (Å²) in [4.78, 5) is 21.2. The zero-order valence-electron chi connectivity index (χ0n) is 23.5. The summed E-state index contributed by atoms with van der Waals surface area (Å²) in [7, 11) is 0. The number of nitrogens with zero attached hydrogens (tertiary/aromatic N) is 3. The van der Waals surface area contributed by atoms with Crippen molar-refractivity contribution >= 4 is 34.8 Å². The minimum absolute atomic E-state index is 0.0398. The summed E-state index contributed by atoms with van der Waals surface area (Å²) in [6.07, 6.45) is 2.63. The van der Waals surface area contributed by atoms with Crippen molar-refractivity contribution in [3.05, 3.63) is 110 Å². The number of aromatic nitrogens is 1. The number of hydrogen-bond acceptors (Lipinski definition) is 6. The second-order valence-electron chi connectivity index (χ2n) is 11.5. The van der Waals surface area contributed by atoms with E-state index in [-0.39, 0.29) is 16.4 Å².